The zero-order valence-corrected chi connectivity index (χ0v) is 14.4. The summed E-state index contributed by atoms with van der Waals surface area (Å²) in [5, 5.41) is 13.1. The fraction of sp³-hybridized carbons (Fsp3) is 0.429. The van der Waals surface area contributed by atoms with Crippen LogP contribution in [0, 0.1) is 0 Å². The Labute approximate surface area is 138 Å². The van der Waals surface area contributed by atoms with E-state index in [9.17, 15) is 0 Å². The molecule has 2 rings (SSSR count). The van der Waals surface area contributed by atoms with Gasteiger partial charge in [-0.15, -0.1) is 10.2 Å². The topological polar surface area (TPSA) is 47.0 Å². The van der Waals surface area contributed by atoms with Crippen LogP contribution in [0.1, 0.15) is 20.3 Å². The summed E-state index contributed by atoms with van der Waals surface area (Å²) in [6.45, 7) is 4.86. The van der Waals surface area contributed by atoms with Crippen LogP contribution in [-0.2, 0) is 0 Å². The fourth-order valence-electron chi connectivity index (χ4n) is 1.51. The monoisotopic (exact) mass is 343 g/mol. The predicted molar refractivity (Wildman–Crippen MR) is 91.0 cm³/mol. The summed E-state index contributed by atoms with van der Waals surface area (Å²) >= 11 is 9.12. The first kappa shape index (κ1) is 16.4. The number of nitrogens with one attached hydrogen (secondary N) is 1. The van der Waals surface area contributed by atoms with Crippen LogP contribution in [0.25, 0.3) is 0 Å². The van der Waals surface area contributed by atoms with E-state index in [0.29, 0.717) is 12.6 Å². The van der Waals surface area contributed by atoms with Crippen LogP contribution in [0.2, 0.25) is 5.02 Å². The van der Waals surface area contributed by atoms with Crippen molar-refractivity contribution in [1.82, 2.24) is 10.2 Å². The lowest BCUT2D eigenvalue weighted by Gasteiger charge is -2.05. The molecule has 0 spiro atoms. The number of halogens is 1. The first-order valence-electron chi connectivity index (χ1n) is 6.74. The number of nitrogens with zero attached hydrogens (tertiary/aromatic N) is 2. The third kappa shape index (κ3) is 6.11. The van der Waals surface area contributed by atoms with Gasteiger partial charge < -0.3 is 10.1 Å². The molecule has 2 aromatic rings. The maximum Gasteiger partial charge on any atom is 0.206 e. The van der Waals surface area contributed by atoms with E-state index in [-0.39, 0.29) is 0 Å². The van der Waals surface area contributed by atoms with Gasteiger partial charge in [-0.1, -0.05) is 34.7 Å². The molecule has 4 nitrogen and oxygen atoms in total. The molecule has 0 aliphatic carbocycles. The van der Waals surface area contributed by atoms with Crippen molar-refractivity contribution in [1.29, 1.82) is 0 Å². The SMILES string of the molecule is CC(C)Nc1nnc(SCCCOc2ccc(Cl)cc2)s1. The summed E-state index contributed by atoms with van der Waals surface area (Å²) < 4.78 is 6.63. The highest BCUT2D eigenvalue weighted by Gasteiger charge is 2.05. The fourth-order valence-corrected chi connectivity index (χ4v) is 3.52. The standard InChI is InChI=1S/C14H18ClN3OS2/c1-10(2)16-13-17-18-14(21-13)20-9-3-8-19-12-6-4-11(15)5-7-12/h4-7,10H,3,8-9H2,1-2H3,(H,16,17). The molecule has 0 aliphatic heterocycles. The van der Waals surface area contributed by atoms with Crippen LogP contribution in [0.15, 0.2) is 28.6 Å². The molecule has 1 N–H and O–H groups in total. The molecule has 21 heavy (non-hydrogen) atoms. The van der Waals surface area contributed by atoms with E-state index in [1.807, 2.05) is 24.3 Å². The molecule has 1 heterocycles. The smallest absolute Gasteiger partial charge is 0.206 e. The lowest BCUT2D eigenvalue weighted by molar-refractivity contribution is 0.319. The first-order valence-corrected chi connectivity index (χ1v) is 8.92. The van der Waals surface area contributed by atoms with Gasteiger partial charge in [0.05, 0.1) is 6.61 Å². The Morgan fingerprint density at radius 2 is 2.05 bits per heavy atom. The second kappa shape index (κ2) is 8.46. The van der Waals surface area contributed by atoms with Crippen LogP contribution in [-0.4, -0.2) is 28.6 Å². The molecule has 114 valence electrons. The molecule has 0 unspecified atom stereocenters. The number of thioether (sulfide) groups is 1. The van der Waals surface area contributed by atoms with Gasteiger partial charge >= 0.3 is 0 Å². The molecule has 0 atom stereocenters. The van der Waals surface area contributed by atoms with Gasteiger partial charge in [-0.2, -0.15) is 0 Å². The molecule has 0 amide bonds. The molecule has 0 saturated heterocycles. The number of ether oxygens (including phenoxy) is 1. The summed E-state index contributed by atoms with van der Waals surface area (Å²) in [5.41, 5.74) is 0. The number of hydrogen-bond acceptors (Lipinski definition) is 6. The minimum atomic E-state index is 0.378. The molecule has 7 heteroatoms. The minimum absolute atomic E-state index is 0.378. The Morgan fingerprint density at radius 3 is 2.76 bits per heavy atom. The van der Waals surface area contributed by atoms with Gasteiger partial charge in [0, 0.05) is 16.8 Å². The quantitative estimate of drug-likeness (QED) is 0.561. The summed E-state index contributed by atoms with van der Waals surface area (Å²) in [6.07, 6.45) is 0.958. The molecule has 0 saturated carbocycles. The highest BCUT2D eigenvalue weighted by Crippen LogP contribution is 2.26. The second-order valence-corrected chi connectivity index (χ2v) is 7.43. The Morgan fingerprint density at radius 1 is 1.29 bits per heavy atom. The highest BCUT2D eigenvalue weighted by atomic mass is 35.5. The summed E-state index contributed by atoms with van der Waals surface area (Å²) in [6, 6.07) is 7.80. The van der Waals surface area contributed by atoms with Gasteiger partial charge in [-0.3, -0.25) is 0 Å². The van der Waals surface area contributed by atoms with Crippen molar-refractivity contribution in [2.24, 2.45) is 0 Å². The predicted octanol–water partition coefficient (Wildman–Crippen LogP) is 4.57. The van der Waals surface area contributed by atoms with Crippen molar-refractivity contribution < 1.29 is 4.74 Å². The molecule has 0 bridgehead atoms. The Hall–Kier alpha value is -0.980. The van der Waals surface area contributed by atoms with E-state index < -0.39 is 0 Å². The molecular weight excluding hydrogens is 326 g/mol. The van der Waals surface area contributed by atoms with Gasteiger partial charge in [0.25, 0.3) is 0 Å². The number of aromatic nitrogens is 2. The van der Waals surface area contributed by atoms with E-state index in [1.165, 1.54) is 0 Å². The number of hydrogen-bond donors (Lipinski definition) is 1. The average molecular weight is 344 g/mol. The van der Waals surface area contributed by atoms with E-state index in [4.69, 9.17) is 16.3 Å². The van der Waals surface area contributed by atoms with Gasteiger partial charge in [-0.25, -0.2) is 0 Å². The normalized spacial score (nSPS) is 10.9. The van der Waals surface area contributed by atoms with Crippen LogP contribution >= 0.6 is 34.7 Å². The number of rotatable bonds is 8. The zero-order valence-electron chi connectivity index (χ0n) is 12.0. The minimum Gasteiger partial charge on any atom is -0.494 e. The maximum atomic E-state index is 5.82. The largest absolute Gasteiger partial charge is 0.494 e. The summed E-state index contributed by atoms with van der Waals surface area (Å²) in [7, 11) is 0. The summed E-state index contributed by atoms with van der Waals surface area (Å²) in [4.78, 5) is 0. The van der Waals surface area contributed by atoms with Crippen molar-refractivity contribution in [3.05, 3.63) is 29.3 Å². The Bertz CT molecular complexity index is 545. The number of anilines is 1. The Kier molecular flexibility index (Phi) is 6.60. The van der Waals surface area contributed by atoms with E-state index >= 15 is 0 Å². The van der Waals surface area contributed by atoms with Crippen LogP contribution < -0.4 is 10.1 Å². The van der Waals surface area contributed by atoms with Gasteiger partial charge in [0.15, 0.2) is 4.34 Å². The highest BCUT2D eigenvalue weighted by molar-refractivity contribution is 8.01. The van der Waals surface area contributed by atoms with Gasteiger partial charge in [0.1, 0.15) is 5.75 Å². The molecule has 0 aliphatic rings. The van der Waals surface area contributed by atoms with Crippen molar-refractivity contribution in [3.8, 4) is 5.75 Å². The molecule has 0 radical (unpaired) electrons. The van der Waals surface area contributed by atoms with E-state index in [0.717, 1.165) is 32.4 Å². The van der Waals surface area contributed by atoms with E-state index in [2.05, 4.69) is 29.4 Å². The molecule has 0 fully saturated rings. The number of benzene rings is 1. The van der Waals surface area contributed by atoms with Crippen LogP contribution in [0.4, 0.5) is 5.13 Å². The zero-order chi connectivity index (χ0) is 15.1. The van der Waals surface area contributed by atoms with Crippen molar-refractivity contribution in [2.75, 3.05) is 17.7 Å². The lowest BCUT2D eigenvalue weighted by Crippen LogP contribution is -2.08. The third-order valence-electron chi connectivity index (χ3n) is 2.42. The second-order valence-electron chi connectivity index (χ2n) is 4.68. The van der Waals surface area contributed by atoms with Crippen molar-refractivity contribution >= 4 is 39.8 Å². The lowest BCUT2D eigenvalue weighted by atomic mass is 10.3. The van der Waals surface area contributed by atoms with Gasteiger partial charge in [0.2, 0.25) is 5.13 Å². The van der Waals surface area contributed by atoms with Crippen LogP contribution in [0.3, 0.4) is 0 Å². The molecule has 1 aromatic carbocycles. The third-order valence-corrected chi connectivity index (χ3v) is 4.74. The van der Waals surface area contributed by atoms with Gasteiger partial charge in [-0.05, 0) is 44.5 Å². The van der Waals surface area contributed by atoms with E-state index in [1.54, 1.807) is 23.1 Å². The maximum absolute atomic E-state index is 5.82. The summed E-state index contributed by atoms with van der Waals surface area (Å²) in [5.74, 6) is 1.81. The molecule has 1 aromatic heterocycles. The van der Waals surface area contributed by atoms with Crippen molar-refractivity contribution in [2.45, 2.75) is 30.6 Å². The first-order chi connectivity index (χ1) is 10.1. The van der Waals surface area contributed by atoms with Crippen LogP contribution in [0.5, 0.6) is 5.75 Å². The molecular formula is C14H18ClN3OS2. The Balaban J connectivity index is 1.63. The van der Waals surface area contributed by atoms with Crippen molar-refractivity contribution in [3.63, 3.8) is 0 Å². The average Bonchev–Trinajstić information content (AvgIpc) is 2.87.